The van der Waals surface area contributed by atoms with Crippen LogP contribution in [0.25, 0.3) is 0 Å². The van der Waals surface area contributed by atoms with Crippen LogP contribution in [0.15, 0.2) is 29.2 Å². The summed E-state index contributed by atoms with van der Waals surface area (Å²) in [7, 11) is -3.19. The Morgan fingerprint density at radius 3 is 2.32 bits per heavy atom. The number of nitrogens with one attached hydrogen (secondary N) is 1. The summed E-state index contributed by atoms with van der Waals surface area (Å²) in [6.07, 6.45) is 2.69. The summed E-state index contributed by atoms with van der Waals surface area (Å²) in [6.45, 7) is 8.21. The first-order chi connectivity index (χ1) is 8.82. The molecule has 0 unspecified atom stereocenters. The van der Waals surface area contributed by atoms with E-state index in [4.69, 9.17) is 0 Å². The van der Waals surface area contributed by atoms with Gasteiger partial charge in [0.2, 0.25) is 0 Å². The maximum atomic E-state index is 12.3. The van der Waals surface area contributed by atoms with Gasteiger partial charge >= 0.3 is 0 Å². The summed E-state index contributed by atoms with van der Waals surface area (Å²) in [4.78, 5) is 0.418. The zero-order valence-corrected chi connectivity index (χ0v) is 13.2. The fourth-order valence-corrected chi connectivity index (χ4v) is 3.77. The maximum Gasteiger partial charge on any atom is 0.180 e. The molecule has 0 amide bonds. The molecule has 4 heteroatoms. The lowest BCUT2D eigenvalue weighted by Crippen LogP contribution is -2.31. The average Bonchev–Trinajstić information content (AvgIpc) is 2.28. The molecule has 1 aromatic rings. The molecule has 1 rings (SSSR count). The fraction of sp³-hybridized carbons (Fsp3) is 0.600. The SMILES string of the molecule is CCCC(C)(C)Nc1ccccc1S(=O)(=O)CCC. The molecule has 0 saturated carbocycles. The van der Waals surface area contributed by atoms with Crippen molar-refractivity contribution in [3.05, 3.63) is 24.3 Å². The van der Waals surface area contributed by atoms with Crippen molar-refractivity contribution in [2.75, 3.05) is 11.1 Å². The second kappa shape index (κ2) is 6.42. The normalized spacial score (nSPS) is 12.4. The lowest BCUT2D eigenvalue weighted by atomic mass is 9.98. The molecule has 1 N–H and O–H groups in total. The van der Waals surface area contributed by atoms with Gasteiger partial charge in [0.05, 0.1) is 16.3 Å². The summed E-state index contributed by atoms with van der Waals surface area (Å²) < 4.78 is 24.5. The van der Waals surface area contributed by atoms with Gasteiger partial charge in [0.25, 0.3) is 0 Å². The largest absolute Gasteiger partial charge is 0.379 e. The zero-order chi connectivity index (χ0) is 14.5. The molecule has 0 aliphatic rings. The molecule has 0 saturated heterocycles. The number of sulfone groups is 1. The molecule has 1 aromatic carbocycles. The first-order valence-corrected chi connectivity index (χ1v) is 8.57. The van der Waals surface area contributed by atoms with Crippen molar-refractivity contribution in [3.8, 4) is 0 Å². The van der Waals surface area contributed by atoms with Gasteiger partial charge in [-0.2, -0.15) is 0 Å². The highest BCUT2D eigenvalue weighted by atomic mass is 32.2. The third-order valence-electron chi connectivity index (χ3n) is 3.04. The minimum Gasteiger partial charge on any atom is -0.379 e. The summed E-state index contributed by atoms with van der Waals surface area (Å²) in [6, 6.07) is 7.19. The lowest BCUT2D eigenvalue weighted by molar-refractivity contribution is 0.509. The van der Waals surface area contributed by atoms with Gasteiger partial charge < -0.3 is 5.32 Å². The minimum absolute atomic E-state index is 0.105. The third kappa shape index (κ3) is 4.53. The van der Waals surface area contributed by atoms with Crippen LogP contribution >= 0.6 is 0 Å². The van der Waals surface area contributed by atoms with Gasteiger partial charge in [-0.1, -0.05) is 32.4 Å². The Kier molecular flexibility index (Phi) is 5.41. The Morgan fingerprint density at radius 2 is 1.74 bits per heavy atom. The van der Waals surface area contributed by atoms with E-state index in [9.17, 15) is 8.42 Å². The van der Waals surface area contributed by atoms with Gasteiger partial charge in [-0.25, -0.2) is 8.42 Å². The van der Waals surface area contributed by atoms with Gasteiger partial charge in [0, 0.05) is 5.54 Å². The van der Waals surface area contributed by atoms with E-state index < -0.39 is 9.84 Å². The quantitative estimate of drug-likeness (QED) is 0.826. The van der Waals surface area contributed by atoms with Crippen molar-refractivity contribution in [3.63, 3.8) is 0 Å². The maximum absolute atomic E-state index is 12.3. The molecule has 0 spiro atoms. The summed E-state index contributed by atoms with van der Waals surface area (Å²) in [5.41, 5.74) is 0.612. The van der Waals surface area contributed by atoms with Crippen molar-refractivity contribution < 1.29 is 8.42 Å². The molecule has 0 aliphatic carbocycles. The van der Waals surface area contributed by atoms with Crippen LogP contribution in [0, 0.1) is 0 Å². The van der Waals surface area contributed by atoms with Gasteiger partial charge in [0.15, 0.2) is 9.84 Å². The number of hydrogen-bond donors (Lipinski definition) is 1. The van der Waals surface area contributed by atoms with Crippen LogP contribution in [0.3, 0.4) is 0 Å². The Balaban J connectivity index is 3.10. The highest BCUT2D eigenvalue weighted by Gasteiger charge is 2.22. The molecule has 19 heavy (non-hydrogen) atoms. The van der Waals surface area contributed by atoms with E-state index in [0.717, 1.165) is 18.5 Å². The van der Waals surface area contributed by atoms with Gasteiger partial charge in [0.1, 0.15) is 0 Å². The lowest BCUT2D eigenvalue weighted by Gasteiger charge is -2.28. The molecule has 3 nitrogen and oxygen atoms in total. The third-order valence-corrected chi connectivity index (χ3v) is 5.01. The number of hydrogen-bond acceptors (Lipinski definition) is 3. The van der Waals surface area contributed by atoms with Crippen LogP contribution in [0.4, 0.5) is 5.69 Å². The number of para-hydroxylation sites is 1. The molecule has 0 bridgehead atoms. The van der Waals surface area contributed by atoms with E-state index in [1.807, 2.05) is 19.1 Å². The van der Waals surface area contributed by atoms with Crippen LogP contribution < -0.4 is 5.32 Å². The smallest absolute Gasteiger partial charge is 0.180 e. The van der Waals surface area contributed by atoms with E-state index >= 15 is 0 Å². The zero-order valence-electron chi connectivity index (χ0n) is 12.4. The van der Waals surface area contributed by atoms with Crippen molar-refractivity contribution in [2.24, 2.45) is 0 Å². The first-order valence-electron chi connectivity index (χ1n) is 6.92. The first kappa shape index (κ1) is 16.0. The van der Waals surface area contributed by atoms with Crippen LogP contribution in [-0.2, 0) is 9.84 Å². The Hall–Kier alpha value is -1.03. The van der Waals surface area contributed by atoms with Gasteiger partial charge in [-0.15, -0.1) is 0 Å². The van der Waals surface area contributed by atoms with Crippen LogP contribution in [0.5, 0.6) is 0 Å². The van der Waals surface area contributed by atoms with Crippen LogP contribution in [0.2, 0.25) is 0 Å². The van der Waals surface area contributed by atoms with Gasteiger partial charge in [-0.05, 0) is 38.8 Å². The van der Waals surface area contributed by atoms with Crippen LogP contribution in [0.1, 0.15) is 47.0 Å². The second-order valence-electron chi connectivity index (χ2n) is 5.57. The molecule has 0 aliphatic heterocycles. The number of rotatable bonds is 7. The molecule has 0 radical (unpaired) electrons. The molecule has 0 heterocycles. The fourth-order valence-electron chi connectivity index (χ4n) is 2.27. The molecule has 0 atom stereocenters. The molecular formula is C15H25NO2S. The van der Waals surface area contributed by atoms with Crippen LogP contribution in [-0.4, -0.2) is 19.7 Å². The number of anilines is 1. The predicted molar refractivity (Wildman–Crippen MR) is 81.4 cm³/mol. The van der Waals surface area contributed by atoms with Crippen molar-refractivity contribution in [1.29, 1.82) is 0 Å². The van der Waals surface area contributed by atoms with E-state index in [1.165, 1.54) is 0 Å². The molecule has 108 valence electrons. The highest BCUT2D eigenvalue weighted by Crippen LogP contribution is 2.27. The van der Waals surface area contributed by atoms with E-state index in [-0.39, 0.29) is 11.3 Å². The van der Waals surface area contributed by atoms with Crippen molar-refractivity contribution in [2.45, 2.75) is 57.4 Å². The standard InChI is InChI=1S/C15H25NO2S/c1-5-11-15(3,4)16-13-9-7-8-10-14(13)19(17,18)12-6-2/h7-10,16H,5-6,11-12H2,1-4H3. The Bertz CT molecular complexity index is 507. The number of benzene rings is 1. The Labute approximate surface area is 117 Å². The summed E-state index contributed by atoms with van der Waals surface area (Å²) >= 11 is 0. The second-order valence-corrected chi connectivity index (χ2v) is 7.65. The summed E-state index contributed by atoms with van der Waals surface area (Å²) in [5, 5.41) is 3.37. The predicted octanol–water partition coefficient (Wildman–Crippen LogP) is 3.86. The van der Waals surface area contributed by atoms with E-state index in [1.54, 1.807) is 12.1 Å². The molecular weight excluding hydrogens is 258 g/mol. The van der Waals surface area contributed by atoms with E-state index in [2.05, 4.69) is 26.1 Å². The summed E-state index contributed by atoms with van der Waals surface area (Å²) in [5.74, 6) is 0.194. The highest BCUT2D eigenvalue weighted by molar-refractivity contribution is 7.91. The molecule has 0 aromatic heterocycles. The topological polar surface area (TPSA) is 46.2 Å². The van der Waals surface area contributed by atoms with Crippen molar-refractivity contribution in [1.82, 2.24) is 0 Å². The van der Waals surface area contributed by atoms with E-state index in [0.29, 0.717) is 11.3 Å². The van der Waals surface area contributed by atoms with Gasteiger partial charge in [-0.3, -0.25) is 0 Å². The average molecular weight is 283 g/mol. The monoisotopic (exact) mass is 283 g/mol. The molecule has 0 fully saturated rings. The minimum atomic E-state index is -3.19. The Morgan fingerprint density at radius 1 is 1.11 bits per heavy atom. The van der Waals surface area contributed by atoms with Crippen molar-refractivity contribution >= 4 is 15.5 Å².